The minimum Gasteiger partial charge on any atom is -0.456 e. The molecule has 0 aromatic carbocycles. The van der Waals surface area contributed by atoms with Gasteiger partial charge in [0.1, 0.15) is 6.04 Å². The maximum absolute atomic E-state index is 11.0. The summed E-state index contributed by atoms with van der Waals surface area (Å²) in [6, 6.07) is 0.177. The van der Waals surface area contributed by atoms with Gasteiger partial charge in [0.25, 0.3) is 0 Å². The van der Waals surface area contributed by atoms with Gasteiger partial charge in [-0.25, -0.2) is 0 Å². The maximum atomic E-state index is 11.0. The van der Waals surface area contributed by atoms with E-state index in [4.69, 9.17) is 4.74 Å². The van der Waals surface area contributed by atoms with Crippen molar-refractivity contribution < 1.29 is 15.3 Å². The molecule has 0 saturated heterocycles. The third kappa shape index (κ3) is 16.1. The topological polar surface area (TPSA) is 53.9 Å². The van der Waals surface area contributed by atoms with Crippen molar-refractivity contribution in [3.05, 3.63) is 0 Å². The molecule has 0 spiro atoms. The molecule has 0 radical (unpaired) electrons. The van der Waals surface area contributed by atoms with Crippen LogP contribution in [0.5, 0.6) is 0 Å². The zero-order chi connectivity index (χ0) is 17.3. The van der Waals surface area contributed by atoms with Gasteiger partial charge < -0.3 is 10.5 Å². The van der Waals surface area contributed by atoms with Crippen LogP contribution in [0.25, 0.3) is 0 Å². The number of hydrogen-bond donors (Lipinski definition) is 1. The molecule has 0 bridgehead atoms. The van der Waals surface area contributed by atoms with E-state index in [2.05, 4.69) is 12.7 Å². The van der Waals surface area contributed by atoms with Gasteiger partial charge in [-0.15, -0.1) is 0 Å². The Kier molecular flexibility index (Phi) is 15.9. The summed E-state index contributed by atoms with van der Waals surface area (Å²) in [4.78, 5) is 11.0. The molecule has 0 aliphatic carbocycles. The van der Waals surface area contributed by atoms with Crippen molar-refractivity contribution >= 4 is 5.97 Å². The fourth-order valence-corrected chi connectivity index (χ4v) is 3.04. The van der Waals surface area contributed by atoms with E-state index in [9.17, 15) is 4.79 Å². The average Bonchev–Trinajstić information content (AvgIpc) is 2.50. The van der Waals surface area contributed by atoms with Gasteiger partial charge in [0, 0.05) is 6.92 Å². The van der Waals surface area contributed by atoms with Crippen molar-refractivity contribution in [2.75, 3.05) is 0 Å². The Morgan fingerprint density at radius 2 is 1.22 bits per heavy atom. The molecule has 0 fully saturated rings. The molecule has 0 aliphatic heterocycles. The predicted octanol–water partition coefficient (Wildman–Crippen LogP) is 5.03. The Morgan fingerprint density at radius 3 is 1.57 bits per heavy atom. The lowest BCUT2D eigenvalue weighted by atomic mass is 10.0. The lowest BCUT2D eigenvalue weighted by Gasteiger charge is -2.17. The van der Waals surface area contributed by atoms with Crippen molar-refractivity contribution in [1.29, 1.82) is 0 Å². The third-order valence-electron chi connectivity index (χ3n) is 4.54. The second-order valence-corrected chi connectivity index (χ2v) is 7.16. The molecule has 23 heavy (non-hydrogen) atoms. The number of carbonyl (C=O) groups is 1. The molecule has 0 unspecified atom stereocenters. The summed E-state index contributed by atoms with van der Waals surface area (Å²) in [5.41, 5.74) is 3.99. The van der Waals surface area contributed by atoms with Crippen molar-refractivity contribution in [2.24, 2.45) is 0 Å². The van der Waals surface area contributed by atoms with E-state index in [0.29, 0.717) is 0 Å². The Bertz CT molecular complexity index is 266. The smallest absolute Gasteiger partial charge is 0.303 e. The van der Waals surface area contributed by atoms with Crippen LogP contribution in [0.2, 0.25) is 0 Å². The number of hydrogen-bond acceptors (Lipinski definition) is 2. The molecule has 138 valence electrons. The molecule has 0 aromatic heterocycles. The first kappa shape index (κ1) is 22.4. The number of esters is 1. The fraction of sp³-hybridized carbons (Fsp3) is 0.950. The standard InChI is InChI=1S/C20H41NO2/c1-4-5-6-7-8-9-10-11-12-13-14-15-16-17-20(18(2)21)23-19(3)22/h18,20H,4-17,21H2,1-3H3/p+1/t18-,20-/m0/s1. The SMILES string of the molecule is CCCCCCCCCCCCCCC[C@H](OC(C)=O)[C@H](C)[NH3+]. The molecule has 0 heterocycles. The number of rotatable bonds is 16. The van der Waals surface area contributed by atoms with E-state index in [1.54, 1.807) is 0 Å². The monoisotopic (exact) mass is 328 g/mol. The van der Waals surface area contributed by atoms with Crippen LogP contribution < -0.4 is 5.73 Å². The Hall–Kier alpha value is -0.570. The van der Waals surface area contributed by atoms with Crippen molar-refractivity contribution in [1.82, 2.24) is 0 Å². The first-order chi connectivity index (χ1) is 11.1. The second-order valence-electron chi connectivity index (χ2n) is 7.16. The van der Waals surface area contributed by atoms with E-state index in [1.165, 1.54) is 84.0 Å². The first-order valence-electron chi connectivity index (χ1n) is 10.1. The molecule has 0 aromatic rings. The van der Waals surface area contributed by atoms with Gasteiger partial charge in [-0.3, -0.25) is 4.79 Å². The third-order valence-corrected chi connectivity index (χ3v) is 4.54. The van der Waals surface area contributed by atoms with E-state index >= 15 is 0 Å². The van der Waals surface area contributed by atoms with Gasteiger partial charge >= 0.3 is 5.97 Å². The summed E-state index contributed by atoms with van der Waals surface area (Å²) < 4.78 is 5.32. The summed E-state index contributed by atoms with van der Waals surface area (Å²) >= 11 is 0. The fourth-order valence-electron chi connectivity index (χ4n) is 3.04. The highest BCUT2D eigenvalue weighted by atomic mass is 16.5. The van der Waals surface area contributed by atoms with Crippen LogP contribution >= 0.6 is 0 Å². The quantitative estimate of drug-likeness (QED) is 0.319. The molecule has 0 aliphatic rings. The molecule has 3 heteroatoms. The van der Waals surface area contributed by atoms with Crippen LogP contribution in [0.1, 0.15) is 111 Å². The van der Waals surface area contributed by atoms with Gasteiger partial charge in [-0.05, 0) is 19.8 Å². The summed E-state index contributed by atoms with van der Waals surface area (Å²) in [5, 5.41) is 0. The Balaban J connectivity index is 3.30. The van der Waals surface area contributed by atoms with E-state index in [-0.39, 0.29) is 18.1 Å². The highest BCUT2D eigenvalue weighted by Crippen LogP contribution is 2.14. The summed E-state index contributed by atoms with van der Waals surface area (Å²) in [6.45, 7) is 5.78. The lowest BCUT2D eigenvalue weighted by Crippen LogP contribution is -2.65. The summed E-state index contributed by atoms with van der Waals surface area (Å²) in [6.07, 6.45) is 18.7. The molecule has 0 saturated carbocycles. The zero-order valence-electron chi connectivity index (χ0n) is 16.1. The lowest BCUT2D eigenvalue weighted by molar-refractivity contribution is -0.431. The van der Waals surface area contributed by atoms with Gasteiger partial charge in [0.05, 0.1) is 0 Å². The van der Waals surface area contributed by atoms with Crippen LogP contribution in [-0.4, -0.2) is 18.1 Å². The van der Waals surface area contributed by atoms with Gasteiger partial charge in [0.2, 0.25) is 0 Å². The van der Waals surface area contributed by atoms with Crippen LogP contribution in [0, 0.1) is 0 Å². The highest BCUT2D eigenvalue weighted by molar-refractivity contribution is 5.66. The zero-order valence-corrected chi connectivity index (χ0v) is 16.1. The largest absolute Gasteiger partial charge is 0.456 e. The Morgan fingerprint density at radius 1 is 0.826 bits per heavy atom. The predicted molar refractivity (Wildman–Crippen MR) is 98.2 cm³/mol. The number of ether oxygens (including phenoxy) is 1. The van der Waals surface area contributed by atoms with E-state index in [1.807, 2.05) is 6.92 Å². The molecule has 3 nitrogen and oxygen atoms in total. The van der Waals surface area contributed by atoms with Gasteiger partial charge in [-0.1, -0.05) is 84.0 Å². The van der Waals surface area contributed by atoms with Crippen LogP contribution in [-0.2, 0) is 9.53 Å². The Labute approximate surface area is 144 Å². The van der Waals surface area contributed by atoms with Crippen LogP contribution in [0.4, 0.5) is 0 Å². The van der Waals surface area contributed by atoms with Gasteiger partial charge in [-0.2, -0.15) is 0 Å². The molecular weight excluding hydrogens is 286 g/mol. The van der Waals surface area contributed by atoms with Crippen molar-refractivity contribution in [3.8, 4) is 0 Å². The molecule has 3 N–H and O–H groups in total. The molecule has 2 atom stereocenters. The number of carbonyl (C=O) groups excluding carboxylic acids is 1. The minimum absolute atomic E-state index is 0.000193. The first-order valence-corrected chi connectivity index (χ1v) is 10.1. The van der Waals surface area contributed by atoms with E-state index in [0.717, 1.165) is 12.8 Å². The van der Waals surface area contributed by atoms with Crippen LogP contribution in [0.15, 0.2) is 0 Å². The van der Waals surface area contributed by atoms with Crippen molar-refractivity contribution in [3.63, 3.8) is 0 Å². The van der Waals surface area contributed by atoms with Crippen LogP contribution in [0.3, 0.4) is 0 Å². The number of quaternary nitrogens is 1. The van der Waals surface area contributed by atoms with Crippen molar-refractivity contribution in [2.45, 2.75) is 123 Å². The molecular formula is C20H42NO2+. The highest BCUT2D eigenvalue weighted by Gasteiger charge is 2.18. The van der Waals surface area contributed by atoms with E-state index < -0.39 is 0 Å². The average molecular weight is 329 g/mol. The maximum Gasteiger partial charge on any atom is 0.303 e. The summed E-state index contributed by atoms with van der Waals surface area (Å²) in [7, 11) is 0. The molecule has 0 amide bonds. The normalized spacial score (nSPS) is 13.7. The number of unbranched alkanes of at least 4 members (excludes halogenated alkanes) is 12. The van der Waals surface area contributed by atoms with Gasteiger partial charge in [0.15, 0.2) is 6.10 Å². The second kappa shape index (κ2) is 16.3. The minimum atomic E-state index is -0.180. The molecule has 0 rings (SSSR count). The summed E-state index contributed by atoms with van der Waals surface area (Å²) in [5.74, 6) is -0.180.